The summed E-state index contributed by atoms with van der Waals surface area (Å²) in [7, 11) is 0. The lowest BCUT2D eigenvalue weighted by atomic mass is 10.0. The van der Waals surface area contributed by atoms with Gasteiger partial charge in [-0.25, -0.2) is 9.37 Å². The highest BCUT2D eigenvalue weighted by atomic mass is 19.1. The molecule has 0 atom stereocenters. The van der Waals surface area contributed by atoms with E-state index >= 15 is 4.39 Å². The van der Waals surface area contributed by atoms with Crippen molar-refractivity contribution < 1.29 is 4.39 Å². The lowest BCUT2D eigenvalue weighted by molar-refractivity contribution is 0.270. The summed E-state index contributed by atoms with van der Waals surface area (Å²) in [6.45, 7) is 8.70. The Balaban J connectivity index is 1.45. The minimum absolute atomic E-state index is 0.263. The number of piperazine rings is 1. The van der Waals surface area contributed by atoms with Crippen molar-refractivity contribution in [3.8, 4) is 17.3 Å². The quantitative estimate of drug-likeness (QED) is 0.412. The first kappa shape index (κ1) is 22.8. The second-order valence-electron chi connectivity index (χ2n) is 8.84. The summed E-state index contributed by atoms with van der Waals surface area (Å²) in [5, 5.41) is 13.2. The van der Waals surface area contributed by atoms with Crippen LogP contribution in [-0.4, -0.2) is 52.6 Å². The third kappa shape index (κ3) is 4.68. The lowest BCUT2D eigenvalue weighted by Crippen LogP contribution is -2.46. The first-order valence-corrected chi connectivity index (χ1v) is 11.9. The smallest absolute Gasteiger partial charge is 0.229 e. The molecule has 3 heterocycles. The molecule has 1 aliphatic rings. The van der Waals surface area contributed by atoms with Gasteiger partial charge in [-0.3, -0.25) is 0 Å². The zero-order chi connectivity index (χ0) is 24.4. The van der Waals surface area contributed by atoms with Crippen molar-refractivity contribution in [2.75, 3.05) is 42.9 Å². The van der Waals surface area contributed by atoms with Gasteiger partial charge in [-0.15, -0.1) is 0 Å². The SMILES string of the molecule is CCN1CCN(c2ccc(Nc3nc(-c4cccc(CC#N)c4)c4c(C)c[nH]c4n3)cc2F)CC1. The fourth-order valence-electron chi connectivity index (χ4n) is 4.65. The Morgan fingerprint density at radius 2 is 1.94 bits per heavy atom. The molecular formula is C27H28FN7. The number of benzene rings is 2. The molecule has 0 bridgehead atoms. The minimum Gasteiger partial charge on any atom is -0.367 e. The van der Waals surface area contributed by atoms with Crippen molar-refractivity contribution in [1.82, 2.24) is 19.9 Å². The topological polar surface area (TPSA) is 83.9 Å². The van der Waals surface area contributed by atoms with Gasteiger partial charge in [0.25, 0.3) is 0 Å². The number of aryl methyl sites for hydroxylation is 1. The van der Waals surface area contributed by atoms with E-state index in [0.29, 0.717) is 29.4 Å². The molecule has 35 heavy (non-hydrogen) atoms. The third-order valence-corrected chi connectivity index (χ3v) is 6.58. The van der Waals surface area contributed by atoms with Crippen molar-refractivity contribution in [2.24, 2.45) is 0 Å². The van der Waals surface area contributed by atoms with Crippen LogP contribution in [0.25, 0.3) is 22.3 Å². The third-order valence-electron chi connectivity index (χ3n) is 6.58. The fourth-order valence-corrected chi connectivity index (χ4v) is 4.65. The molecule has 2 aromatic heterocycles. The molecule has 0 aliphatic carbocycles. The first-order chi connectivity index (χ1) is 17.1. The summed E-state index contributed by atoms with van der Waals surface area (Å²) >= 11 is 0. The van der Waals surface area contributed by atoms with Gasteiger partial charge in [-0.05, 0) is 48.9 Å². The van der Waals surface area contributed by atoms with Crippen LogP contribution < -0.4 is 10.2 Å². The molecular weight excluding hydrogens is 441 g/mol. The molecule has 1 saturated heterocycles. The number of rotatable bonds is 6. The number of halogens is 1. The fraction of sp³-hybridized carbons (Fsp3) is 0.296. The van der Waals surface area contributed by atoms with Gasteiger partial charge in [-0.2, -0.15) is 10.2 Å². The standard InChI is InChI=1S/C27H28FN7/c1-3-34-11-13-35(14-12-34)23-8-7-21(16-22(23)28)31-27-32-25(24-18(2)17-30-26(24)33-27)20-6-4-5-19(15-20)9-10-29/h4-8,15-17H,3,9,11-14H2,1-2H3,(H2,30,31,32,33). The molecule has 178 valence electrons. The van der Waals surface area contributed by atoms with E-state index in [4.69, 9.17) is 10.2 Å². The number of aromatic nitrogens is 3. The Morgan fingerprint density at radius 3 is 2.69 bits per heavy atom. The number of hydrogen-bond acceptors (Lipinski definition) is 6. The maximum absolute atomic E-state index is 15.1. The molecule has 1 aliphatic heterocycles. The number of nitrogens with one attached hydrogen (secondary N) is 2. The molecule has 0 amide bonds. The van der Waals surface area contributed by atoms with E-state index in [1.165, 1.54) is 6.07 Å². The van der Waals surface area contributed by atoms with Crippen LogP contribution in [0.4, 0.5) is 21.7 Å². The number of H-pyrrole nitrogens is 1. The van der Waals surface area contributed by atoms with Crippen molar-refractivity contribution in [1.29, 1.82) is 5.26 Å². The Bertz CT molecular complexity index is 1400. The van der Waals surface area contributed by atoms with Gasteiger partial charge in [0.15, 0.2) is 0 Å². The van der Waals surface area contributed by atoms with Crippen molar-refractivity contribution in [3.05, 3.63) is 65.6 Å². The van der Waals surface area contributed by atoms with Gasteiger partial charge in [0.1, 0.15) is 11.5 Å². The molecule has 0 saturated carbocycles. The maximum atomic E-state index is 15.1. The Morgan fingerprint density at radius 1 is 1.11 bits per heavy atom. The highest BCUT2D eigenvalue weighted by molar-refractivity contribution is 5.94. The highest BCUT2D eigenvalue weighted by Crippen LogP contribution is 2.31. The zero-order valence-electron chi connectivity index (χ0n) is 20.0. The summed E-state index contributed by atoms with van der Waals surface area (Å²) in [4.78, 5) is 17.1. The van der Waals surface area contributed by atoms with Crippen LogP contribution in [0.15, 0.2) is 48.7 Å². The van der Waals surface area contributed by atoms with Crippen molar-refractivity contribution in [2.45, 2.75) is 20.3 Å². The van der Waals surface area contributed by atoms with Gasteiger partial charge < -0.3 is 20.1 Å². The van der Waals surface area contributed by atoms with Gasteiger partial charge in [0.05, 0.1) is 23.9 Å². The number of nitrogens with zero attached hydrogens (tertiary/aromatic N) is 5. The van der Waals surface area contributed by atoms with Crippen LogP contribution in [0.3, 0.4) is 0 Å². The van der Waals surface area contributed by atoms with Gasteiger partial charge in [-0.1, -0.05) is 25.1 Å². The van der Waals surface area contributed by atoms with E-state index in [0.717, 1.165) is 60.5 Å². The number of likely N-dealkylation sites (N-methyl/N-ethyl adjacent to an activating group) is 1. The van der Waals surface area contributed by atoms with Crippen LogP contribution in [0.2, 0.25) is 0 Å². The molecule has 1 fully saturated rings. The van der Waals surface area contributed by atoms with Crippen molar-refractivity contribution in [3.63, 3.8) is 0 Å². The Kier molecular flexibility index (Phi) is 6.34. The normalized spacial score (nSPS) is 14.3. The molecule has 7 nitrogen and oxygen atoms in total. The van der Waals surface area contributed by atoms with E-state index in [-0.39, 0.29) is 5.82 Å². The molecule has 5 rings (SSSR count). The molecule has 8 heteroatoms. The summed E-state index contributed by atoms with van der Waals surface area (Å²) in [5.41, 5.74) is 5.54. The molecule has 4 aromatic rings. The molecule has 2 N–H and O–H groups in total. The Hall–Kier alpha value is -3.96. The largest absolute Gasteiger partial charge is 0.367 e. The van der Waals surface area contributed by atoms with Gasteiger partial charge in [0, 0.05) is 49.0 Å². The zero-order valence-corrected chi connectivity index (χ0v) is 20.0. The maximum Gasteiger partial charge on any atom is 0.229 e. The van der Waals surface area contributed by atoms with E-state index in [2.05, 4.69) is 38.1 Å². The summed E-state index contributed by atoms with van der Waals surface area (Å²) in [6, 6.07) is 15.2. The highest BCUT2D eigenvalue weighted by Gasteiger charge is 2.19. The predicted octanol–water partition coefficient (Wildman–Crippen LogP) is 5.02. The second kappa shape index (κ2) is 9.72. The molecule has 0 unspecified atom stereocenters. The lowest BCUT2D eigenvalue weighted by Gasteiger charge is -2.35. The summed E-state index contributed by atoms with van der Waals surface area (Å²) < 4.78 is 15.1. The number of nitriles is 1. The number of anilines is 3. The predicted molar refractivity (Wildman–Crippen MR) is 137 cm³/mol. The minimum atomic E-state index is -0.263. The monoisotopic (exact) mass is 469 g/mol. The van der Waals surface area contributed by atoms with Crippen LogP contribution in [-0.2, 0) is 6.42 Å². The molecule has 0 radical (unpaired) electrons. The van der Waals surface area contributed by atoms with Crippen molar-refractivity contribution >= 4 is 28.4 Å². The van der Waals surface area contributed by atoms with Crippen LogP contribution in [0.5, 0.6) is 0 Å². The van der Waals surface area contributed by atoms with E-state index in [9.17, 15) is 0 Å². The number of fused-ring (bicyclic) bond motifs is 1. The van der Waals surface area contributed by atoms with Crippen LogP contribution >= 0.6 is 0 Å². The number of aromatic amines is 1. The molecule has 0 spiro atoms. The number of hydrogen-bond donors (Lipinski definition) is 2. The molecule has 2 aromatic carbocycles. The average molecular weight is 470 g/mol. The van der Waals surface area contributed by atoms with Gasteiger partial charge >= 0.3 is 0 Å². The second-order valence-corrected chi connectivity index (χ2v) is 8.84. The van der Waals surface area contributed by atoms with E-state index in [1.54, 1.807) is 0 Å². The van der Waals surface area contributed by atoms with Crippen LogP contribution in [0, 0.1) is 24.1 Å². The summed E-state index contributed by atoms with van der Waals surface area (Å²) in [6.07, 6.45) is 2.23. The van der Waals surface area contributed by atoms with Gasteiger partial charge in [0.2, 0.25) is 5.95 Å². The average Bonchev–Trinajstić information content (AvgIpc) is 3.25. The van der Waals surface area contributed by atoms with Crippen LogP contribution in [0.1, 0.15) is 18.1 Å². The van der Waals surface area contributed by atoms with E-state index in [1.807, 2.05) is 49.5 Å². The van der Waals surface area contributed by atoms with E-state index < -0.39 is 0 Å². The first-order valence-electron chi connectivity index (χ1n) is 11.9. The Labute approximate surface area is 204 Å². The summed E-state index contributed by atoms with van der Waals surface area (Å²) in [5.74, 6) is 0.116.